The van der Waals surface area contributed by atoms with E-state index >= 15 is 0 Å². The Labute approximate surface area is 102 Å². The fourth-order valence-electron chi connectivity index (χ4n) is 1.34. The number of unbranched alkanes of at least 4 members (excludes halogenated alkanes) is 1. The van der Waals surface area contributed by atoms with Gasteiger partial charge in [-0.15, -0.1) is 11.8 Å². The minimum Gasteiger partial charge on any atom is -0.330 e. The van der Waals surface area contributed by atoms with Gasteiger partial charge in [-0.1, -0.05) is 20.3 Å². The zero-order valence-corrected chi connectivity index (χ0v) is 11.0. The molecule has 1 aromatic rings. The van der Waals surface area contributed by atoms with E-state index in [4.69, 9.17) is 5.73 Å². The van der Waals surface area contributed by atoms with Crippen LogP contribution in [0.1, 0.15) is 33.1 Å². The Morgan fingerprint density at radius 2 is 2.12 bits per heavy atom. The van der Waals surface area contributed by atoms with Gasteiger partial charge in [-0.25, -0.2) is 4.98 Å². The van der Waals surface area contributed by atoms with Crippen molar-refractivity contribution in [1.29, 1.82) is 0 Å². The molecular weight excluding hydrogens is 218 g/mol. The molecule has 90 valence electrons. The lowest BCUT2D eigenvalue weighted by Gasteiger charge is -2.21. The molecular formula is C12H21N3S. The molecule has 0 aliphatic rings. The van der Waals surface area contributed by atoms with Crippen LogP contribution in [-0.2, 0) is 0 Å². The Hall–Kier alpha value is -0.610. The first kappa shape index (κ1) is 13.5. The molecule has 0 saturated heterocycles. The van der Waals surface area contributed by atoms with Crippen molar-refractivity contribution in [2.75, 3.05) is 12.3 Å². The Bertz CT molecular complexity index is 288. The van der Waals surface area contributed by atoms with E-state index in [2.05, 4.69) is 23.8 Å². The second kappa shape index (κ2) is 6.86. The third kappa shape index (κ3) is 5.47. The first-order valence-corrected chi connectivity index (χ1v) is 6.71. The minimum absolute atomic E-state index is 0.289. The van der Waals surface area contributed by atoms with Gasteiger partial charge in [0.15, 0.2) is 0 Å². The number of nitrogens with zero attached hydrogens (tertiary/aromatic N) is 2. The maximum Gasteiger partial charge on any atom is 0.114 e. The number of aromatic nitrogens is 2. The lowest BCUT2D eigenvalue weighted by molar-refractivity contribution is 0.336. The van der Waals surface area contributed by atoms with Gasteiger partial charge < -0.3 is 5.73 Å². The van der Waals surface area contributed by atoms with Crippen LogP contribution in [0.25, 0.3) is 0 Å². The molecule has 0 amide bonds. The third-order valence-electron chi connectivity index (χ3n) is 2.59. The number of hydrogen-bond donors (Lipinski definition) is 1. The summed E-state index contributed by atoms with van der Waals surface area (Å²) in [6.45, 7) is 5.22. The zero-order valence-electron chi connectivity index (χ0n) is 10.1. The van der Waals surface area contributed by atoms with Crippen LogP contribution in [0.2, 0.25) is 0 Å². The maximum absolute atomic E-state index is 5.69. The van der Waals surface area contributed by atoms with Crippen LogP contribution in [0.3, 0.4) is 0 Å². The fourth-order valence-corrected chi connectivity index (χ4v) is 2.17. The number of hydrogen-bond acceptors (Lipinski definition) is 4. The van der Waals surface area contributed by atoms with E-state index in [-0.39, 0.29) is 5.41 Å². The van der Waals surface area contributed by atoms with E-state index in [9.17, 15) is 0 Å². The van der Waals surface area contributed by atoms with Gasteiger partial charge in [0.25, 0.3) is 0 Å². The summed E-state index contributed by atoms with van der Waals surface area (Å²) in [6, 6.07) is 0. The lowest BCUT2D eigenvalue weighted by Crippen LogP contribution is -2.23. The molecule has 0 aliphatic heterocycles. The maximum atomic E-state index is 5.69. The summed E-state index contributed by atoms with van der Waals surface area (Å²) >= 11 is 1.77. The number of rotatable bonds is 7. The smallest absolute Gasteiger partial charge is 0.114 e. The quantitative estimate of drug-likeness (QED) is 0.587. The zero-order chi connectivity index (χ0) is 11.9. The highest BCUT2D eigenvalue weighted by atomic mass is 32.2. The van der Waals surface area contributed by atoms with E-state index in [1.807, 2.05) is 6.20 Å². The van der Waals surface area contributed by atoms with Gasteiger partial charge in [-0.2, -0.15) is 0 Å². The topological polar surface area (TPSA) is 51.8 Å². The first-order chi connectivity index (χ1) is 7.64. The van der Waals surface area contributed by atoms with Crippen LogP contribution in [0.4, 0.5) is 0 Å². The fraction of sp³-hybridized carbons (Fsp3) is 0.667. The van der Waals surface area contributed by atoms with Gasteiger partial charge in [-0.05, 0) is 30.6 Å². The predicted octanol–water partition coefficient (Wildman–Crippen LogP) is 2.72. The molecule has 3 nitrogen and oxygen atoms in total. The molecule has 4 heteroatoms. The van der Waals surface area contributed by atoms with Crippen molar-refractivity contribution in [3.8, 4) is 0 Å². The molecule has 0 fully saturated rings. The van der Waals surface area contributed by atoms with Crippen molar-refractivity contribution in [1.82, 2.24) is 9.97 Å². The van der Waals surface area contributed by atoms with Crippen molar-refractivity contribution >= 4 is 11.8 Å². The van der Waals surface area contributed by atoms with Crippen LogP contribution < -0.4 is 5.73 Å². The highest BCUT2D eigenvalue weighted by Gasteiger charge is 2.14. The Kier molecular flexibility index (Phi) is 5.77. The molecule has 1 heterocycles. The van der Waals surface area contributed by atoms with Gasteiger partial charge in [0.2, 0.25) is 0 Å². The lowest BCUT2D eigenvalue weighted by atomic mass is 9.88. The summed E-state index contributed by atoms with van der Waals surface area (Å²) in [7, 11) is 0. The van der Waals surface area contributed by atoms with E-state index in [0.29, 0.717) is 0 Å². The van der Waals surface area contributed by atoms with Gasteiger partial charge in [0.1, 0.15) is 5.03 Å². The van der Waals surface area contributed by atoms with E-state index < -0.39 is 0 Å². The molecule has 0 aromatic carbocycles. The number of nitrogens with two attached hydrogens (primary N) is 1. The highest BCUT2D eigenvalue weighted by molar-refractivity contribution is 7.99. The molecule has 0 bridgehead atoms. The van der Waals surface area contributed by atoms with Crippen LogP contribution in [0.5, 0.6) is 0 Å². The van der Waals surface area contributed by atoms with Gasteiger partial charge in [-0.3, -0.25) is 4.98 Å². The molecule has 0 radical (unpaired) electrons. The second-order valence-electron chi connectivity index (χ2n) is 4.72. The normalized spacial score (nSPS) is 11.7. The first-order valence-electron chi connectivity index (χ1n) is 5.73. The molecule has 1 aromatic heterocycles. The monoisotopic (exact) mass is 239 g/mol. The van der Waals surface area contributed by atoms with Crippen molar-refractivity contribution in [3.05, 3.63) is 18.6 Å². The van der Waals surface area contributed by atoms with E-state index in [0.717, 1.165) is 17.3 Å². The standard InChI is InChI=1S/C12H21N3S/c1-12(2,10-13)5-3-4-8-16-11-9-14-6-7-15-11/h6-7,9H,3-5,8,10,13H2,1-2H3. The summed E-state index contributed by atoms with van der Waals surface area (Å²) < 4.78 is 0. The van der Waals surface area contributed by atoms with E-state index in [1.165, 1.54) is 19.3 Å². The Morgan fingerprint density at radius 1 is 1.31 bits per heavy atom. The van der Waals surface area contributed by atoms with Gasteiger partial charge in [0.05, 0.1) is 6.20 Å². The van der Waals surface area contributed by atoms with E-state index in [1.54, 1.807) is 24.2 Å². The van der Waals surface area contributed by atoms with Gasteiger partial charge in [0, 0.05) is 12.4 Å². The molecule has 2 N–H and O–H groups in total. The molecule has 0 aliphatic carbocycles. The molecule has 0 unspecified atom stereocenters. The molecule has 0 saturated carbocycles. The average molecular weight is 239 g/mol. The predicted molar refractivity (Wildman–Crippen MR) is 69.4 cm³/mol. The van der Waals surface area contributed by atoms with Crippen molar-refractivity contribution in [2.24, 2.45) is 11.1 Å². The summed E-state index contributed by atoms with van der Waals surface area (Å²) in [5.74, 6) is 1.11. The summed E-state index contributed by atoms with van der Waals surface area (Å²) in [4.78, 5) is 8.26. The highest BCUT2D eigenvalue weighted by Crippen LogP contribution is 2.23. The summed E-state index contributed by atoms with van der Waals surface area (Å²) in [5, 5.41) is 1.01. The summed E-state index contributed by atoms with van der Waals surface area (Å²) in [6.07, 6.45) is 8.90. The molecule has 1 rings (SSSR count). The largest absolute Gasteiger partial charge is 0.330 e. The van der Waals surface area contributed by atoms with Gasteiger partial charge >= 0.3 is 0 Å². The van der Waals surface area contributed by atoms with Crippen molar-refractivity contribution in [2.45, 2.75) is 38.1 Å². The molecule has 16 heavy (non-hydrogen) atoms. The SMILES string of the molecule is CC(C)(CN)CCCCSc1cnccn1. The third-order valence-corrected chi connectivity index (χ3v) is 3.59. The second-order valence-corrected chi connectivity index (χ2v) is 5.83. The van der Waals surface area contributed by atoms with Crippen LogP contribution in [0, 0.1) is 5.41 Å². The van der Waals surface area contributed by atoms with Crippen LogP contribution in [-0.4, -0.2) is 22.3 Å². The van der Waals surface area contributed by atoms with Crippen molar-refractivity contribution in [3.63, 3.8) is 0 Å². The molecule has 0 atom stereocenters. The number of thioether (sulfide) groups is 1. The van der Waals surface area contributed by atoms with Crippen molar-refractivity contribution < 1.29 is 0 Å². The minimum atomic E-state index is 0.289. The average Bonchev–Trinajstić information content (AvgIpc) is 2.30. The molecule has 0 spiro atoms. The Balaban J connectivity index is 2.09. The van der Waals surface area contributed by atoms with Crippen LogP contribution >= 0.6 is 11.8 Å². The Morgan fingerprint density at radius 3 is 2.75 bits per heavy atom. The van der Waals surface area contributed by atoms with Crippen LogP contribution in [0.15, 0.2) is 23.6 Å². The summed E-state index contributed by atoms with van der Waals surface area (Å²) in [5.41, 5.74) is 5.98.